The first-order valence-corrected chi connectivity index (χ1v) is 6.26. The lowest BCUT2D eigenvalue weighted by atomic mass is 10.1. The highest BCUT2D eigenvalue weighted by Crippen LogP contribution is 2.31. The lowest BCUT2D eigenvalue weighted by Gasteiger charge is -2.16. The summed E-state index contributed by atoms with van der Waals surface area (Å²) in [5.41, 5.74) is 4.80. The molecule has 0 aliphatic carbocycles. The number of aliphatic hydroxyl groups is 2. The lowest BCUT2D eigenvalue weighted by Crippen LogP contribution is -2.36. The van der Waals surface area contributed by atoms with Crippen LogP contribution in [0.4, 0.5) is 10.3 Å². The van der Waals surface area contributed by atoms with Crippen molar-refractivity contribution in [3.05, 3.63) is 16.7 Å². The summed E-state index contributed by atoms with van der Waals surface area (Å²) in [6, 6.07) is 0. The summed E-state index contributed by atoms with van der Waals surface area (Å²) in [7, 11) is 0. The topological polar surface area (TPSA) is 156 Å². The van der Waals surface area contributed by atoms with Gasteiger partial charge in [-0.25, -0.2) is 9.37 Å². The molecule has 0 saturated carbocycles. The molecule has 22 heavy (non-hydrogen) atoms. The summed E-state index contributed by atoms with van der Waals surface area (Å²) in [5, 5.41) is 19.8. The van der Waals surface area contributed by atoms with Crippen molar-refractivity contribution in [3.8, 4) is 0 Å². The number of aliphatic hydroxyl groups excluding tert-OH is 2. The Morgan fingerprint density at radius 2 is 2.23 bits per heavy atom. The molecule has 0 unspecified atom stereocenters. The number of carbonyl (C=O) groups excluding carboxylic acids is 1. The van der Waals surface area contributed by atoms with Crippen molar-refractivity contribution in [2.24, 2.45) is 0 Å². The number of hydrogen-bond donors (Lipinski definition) is 4. The monoisotopic (exact) mass is 313 g/mol. The molecule has 2 aromatic heterocycles. The van der Waals surface area contributed by atoms with Crippen LogP contribution in [0.25, 0.3) is 11.2 Å². The molecule has 1 aliphatic heterocycles. The Hall–Kier alpha value is -2.37. The van der Waals surface area contributed by atoms with Crippen LogP contribution in [0.15, 0.2) is 11.1 Å². The number of alkyl halides is 1. The van der Waals surface area contributed by atoms with Crippen LogP contribution in [0.1, 0.15) is 6.23 Å². The standard InChI is InChI=1S/C11H12FN5O5/c12-1-3(18)7-5(19)6(20)10(22-7)17-2-14-4-8(17)15-11(13)16-9(4)21/h2,5-7,10,19-20H,1H2,(H3,13,15,16,21)/t5-,6+,7+,10+/m0/s1. The van der Waals surface area contributed by atoms with E-state index < -0.39 is 42.6 Å². The smallest absolute Gasteiger partial charge is 0.280 e. The number of fused-ring (bicyclic) bond motifs is 1. The number of nitrogens with zero attached hydrogens (tertiary/aromatic N) is 3. The zero-order valence-electron chi connectivity index (χ0n) is 11.0. The third kappa shape index (κ3) is 2.06. The minimum Gasteiger partial charge on any atom is -0.387 e. The van der Waals surface area contributed by atoms with Gasteiger partial charge in [-0.2, -0.15) is 4.98 Å². The second kappa shape index (κ2) is 5.12. The third-order valence-corrected chi connectivity index (χ3v) is 3.41. The molecule has 1 aliphatic rings. The molecular weight excluding hydrogens is 301 g/mol. The normalized spacial score (nSPS) is 28.3. The molecule has 5 N–H and O–H groups in total. The van der Waals surface area contributed by atoms with Gasteiger partial charge in [0.25, 0.3) is 5.56 Å². The summed E-state index contributed by atoms with van der Waals surface area (Å²) in [6.07, 6.45) is -4.75. The van der Waals surface area contributed by atoms with Gasteiger partial charge >= 0.3 is 0 Å². The van der Waals surface area contributed by atoms with Crippen LogP contribution in [-0.2, 0) is 9.53 Å². The maximum Gasteiger partial charge on any atom is 0.280 e. The average Bonchev–Trinajstić information content (AvgIpc) is 3.01. The van der Waals surface area contributed by atoms with Crippen LogP contribution in [-0.4, -0.2) is 60.5 Å². The van der Waals surface area contributed by atoms with Crippen molar-refractivity contribution in [3.63, 3.8) is 0 Å². The molecule has 118 valence electrons. The van der Waals surface area contributed by atoms with Crippen molar-refractivity contribution in [1.29, 1.82) is 0 Å². The molecule has 10 nitrogen and oxygen atoms in total. The van der Waals surface area contributed by atoms with Crippen LogP contribution in [0, 0.1) is 0 Å². The Labute approximate surface area is 121 Å². The van der Waals surface area contributed by atoms with Crippen molar-refractivity contribution in [2.75, 3.05) is 12.4 Å². The van der Waals surface area contributed by atoms with Crippen LogP contribution in [0.2, 0.25) is 0 Å². The van der Waals surface area contributed by atoms with Gasteiger partial charge in [0.2, 0.25) is 5.95 Å². The van der Waals surface area contributed by atoms with Crippen molar-refractivity contribution >= 4 is 22.9 Å². The van der Waals surface area contributed by atoms with Gasteiger partial charge in [0.15, 0.2) is 29.8 Å². The largest absolute Gasteiger partial charge is 0.387 e. The van der Waals surface area contributed by atoms with E-state index in [0.29, 0.717) is 0 Å². The molecule has 0 bridgehead atoms. The Kier molecular flexibility index (Phi) is 3.39. The van der Waals surface area contributed by atoms with E-state index >= 15 is 0 Å². The van der Waals surface area contributed by atoms with Crippen LogP contribution in [0.3, 0.4) is 0 Å². The van der Waals surface area contributed by atoms with Gasteiger partial charge in [0, 0.05) is 0 Å². The number of ketones is 1. The number of ether oxygens (including phenoxy) is 1. The Bertz CT molecular complexity index is 789. The molecule has 0 radical (unpaired) electrons. The molecular formula is C11H12FN5O5. The average molecular weight is 313 g/mol. The molecule has 2 aromatic rings. The first kappa shape index (κ1) is 14.6. The van der Waals surface area contributed by atoms with Crippen LogP contribution in [0.5, 0.6) is 0 Å². The lowest BCUT2D eigenvalue weighted by molar-refractivity contribution is -0.136. The maximum absolute atomic E-state index is 12.5. The number of hydrogen-bond acceptors (Lipinski definition) is 8. The number of aromatic amines is 1. The van der Waals surface area contributed by atoms with Crippen LogP contribution < -0.4 is 11.3 Å². The van der Waals surface area contributed by atoms with E-state index in [1.165, 1.54) is 0 Å². The van der Waals surface area contributed by atoms with E-state index in [1.807, 2.05) is 0 Å². The number of H-pyrrole nitrogens is 1. The number of halogens is 1. The quantitative estimate of drug-likeness (QED) is 0.500. The number of nitrogens with two attached hydrogens (primary N) is 1. The molecule has 11 heteroatoms. The summed E-state index contributed by atoms with van der Waals surface area (Å²) < 4.78 is 18.8. The number of imidazole rings is 1. The molecule has 1 fully saturated rings. The number of rotatable bonds is 3. The first-order valence-electron chi connectivity index (χ1n) is 6.26. The highest BCUT2D eigenvalue weighted by atomic mass is 19.1. The highest BCUT2D eigenvalue weighted by Gasteiger charge is 2.47. The predicted molar refractivity (Wildman–Crippen MR) is 69.5 cm³/mol. The second-order valence-electron chi connectivity index (χ2n) is 4.80. The van der Waals surface area contributed by atoms with E-state index in [4.69, 9.17) is 10.5 Å². The molecule has 3 rings (SSSR count). The summed E-state index contributed by atoms with van der Waals surface area (Å²) in [5.74, 6) is -1.17. The first-order chi connectivity index (χ1) is 10.4. The number of aromatic nitrogens is 4. The van der Waals surface area contributed by atoms with E-state index in [1.54, 1.807) is 0 Å². The van der Waals surface area contributed by atoms with Gasteiger partial charge in [-0.3, -0.25) is 19.1 Å². The zero-order valence-corrected chi connectivity index (χ0v) is 11.0. The fraction of sp³-hybridized carbons (Fsp3) is 0.455. The van der Waals surface area contributed by atoms with E-state index in [-0.39, 0.29) is 17.1 Å². The van der Waals surface area contributed by atoms with Crippen LogP contribution >= 0.6 is 0 Å². The number of Topliss-reactive ketones (excluding diaryl/α,β-unsaturated/α-hetero) is 1. The van der Waals surface area contributed by atoms with Gasteiger partial charge in [-0.05, 0) is 0 Å². The van der Waals surface area contributed by atoms with Gasteiger partial charge in [-0.15, -0.1) is 0 Å². The fourth-order valence-corrected chi connectivity index (χ4v) is 2.36. The predicted octanol–water partition coefficient (Wildman–Crippen LogP) is -2.14. The maximum atomic E-state index is 12.5. The van der Waals surface area contributed by atoms with E-state index in [9.17, 15) is 24.2 Å². The third-order valence-electron chi connectivity index (χ3n) is 3.41. The summed E-state index contributed by atoms with van der Waals surface area (Å²) in [4.78, 5) is 33.0. The summed E-state index contributed by atoms with van der Waals surface area (Å²) in [6.45, 7) is -1.34. The molecule has 1 saturated heterocycles. The van der Waals surface area contributed by atoms with E-state index in [2.05, 4.69) is 15.0 Å². The summed E-state index contributed by atoms with van der Waals surface area (Å²) >= 11 is 0. The molecule has 0 aromatic carbocycles. The second-order valence-corrected chi connectivity index (χ2v) is 4.80. The fourth-order valence-electron chi connectivity index (χ4n) is 2.36. The Balaban J connectivity index is 2.05. The highest BCUT2D eigenvalue weighted by molar-refractivity contribution is 5.85. The minimum absolute atomic E-state index is 0.00541. The van der Waals surface area contributed by atoms with Crippen molar-refractivity contribution < 1.29 is 24.1 Å². The number of anilines is 1. The van der Waals surface area contributed by atoms with E-state index in [0.717, 1.165) is 10.9 Å². The number of nitrogen functional groups attached to an aromatic ring is 1. The zero-order chi connectivity index (χ0) is 16.0. The van der Waals surface area contributed by atoms with Gasteiger partial charge in [0.05, 0.1) is 6.33 Å². The number of carbonyl (C=O) groups is 1. The molecule has 4 atom stereocenters. The Morgan fingerprint density at radius 1 is 1.50 bits per heavy atom. The SMILES string of the molecule is Nc1nc2c(ncn2[C@@H]2O[C@H](C(=O)CF)[C@@H](O)[C@H]2O)c(=O)[nH]1. The molecule has 0 amide bonds. The molecule has 0 spiro atoms. The molecule has 3 heterocycles. The number of nitrogens with one attached hydrogen (secondary N) is 1. The van der Waals surface area contributed by atoms with Gasteiger partial charge in [-0.1, -0.05) is 0 Å². The van der Waals surface area contributed by atoms with Crippen molar-refractivity contribution in [2.45, 2.75) is 24.5 Å². The van der Waals surface area contributed by atoms with Crippen molar-refractivity contribution in [1.82, 2.24) is 19.5 Å². The minimum atomic E-state index is -1.61. The Morgan fingerprint density at radius 3 is 2.91 bits per heavy atom. The van der Waals surface area contributed by atoms with Gasteiger partial charge < -0.3 is 20.7 Å². The van der Waals surface area contributed by atoms with Gasteiger partial charge in [0.1, 0.15) is 18.3 Å².